The van der Waals surface area contributed by atoms with E-state index in [0.29, 0.717) is 45.3 Å². The molecule has 0 N–H and O–H groups in total. The molecule has 2 aliphatic carbocycles. The van der Waals surface area contributed by atoms with Gasteiger partial charge in [0.25, 0.3) is 11.4 Å². The van der Waals surface area contributed by atoms with Gasteiger partial charge in [-0.15, -0.1) is 0 Å². The van der Waals surface area contributed by atoms with Crippen LogP contribution in [0.5, 0.6) is 23.0 Å². The van der Waals surface area contributed by atoms with Crippen molar-refractivity contribution in [3.05, 3.63) is 123 Å². The van der Waals surface area contributed by atoms with Gasteiger partial charge in [0.2, 0.25) is 0 Å². The Balaban J connectivity index is 1.48. The Morgan fingerprint density at radius 2 is 0.816 bits per heavy atom. The zero-order chi connectivity index (χ0) is 36.1. The summed E-state index contributed by atoms with van der Waals surface area (Å²) >= 11 is 0. The second kappa shape index (κ2) is 11.2. The first-order chi connectivity index (χ1) is 22.7. The molecule has 49 heavy (non-hydrogen) atoms. The molecule has 0 aromatic heterocycles. The molecule has 1 spiro atoms. The van der Waals surface area contributed by atoms with Gasteiger partial charge < -0.3 is 9.47 Å². The number of nitro groups is 2. The van der Waals surface area contributed by atoms with Gasteiger partial charge in [0.15, 0.2) is 0 Å². The van der Waals surface area contributed by atoms with Crippen molar-refractivity contribution in [1.82, 2.24) is 0 Å². The summed E-state index contributed by atoms with van der Waals surface area (Å²) in [6.45, 7) is 23.9. The van der Waals surface area contributed by atoms with Gasteiger partial charge in [0, 0.05) is 49.9 Å². The molecule has 0 amide bonds. The maximum absolute atomic E-state index is 11.9. The summed E-state index contributed by atoms with van der Waals surface area (Å²) in [5.74, 6) is 2.73. The first-order valence-electron chi connectivity index (χ1n) is 16.9. The monoisotopic (exact) mass is 662 g/mol. The highest BCUT2D eigenvalue weighted by Gasteiger charge is 2.56. The first-order valence-corrected chi connectivity index (χ1v) is 16.9. The lowest BCUT2D eigenvalue weighted by molar-refractivity contribution is -0.386. The minimum atomic E-state index is -0.306. The van der Waals surface area contributed by atoms with Crippen molar-refractivity contribution in [2.45, 2.75) is 112 Å². The summed E-state index contributed by atoms with van der Waals surface area (Å²) in [5.41, 5.74) is 10.3. The van der Waals surface area contributed by atoms with Crippen molar-refractivity contribution in [2.24, 2.45) is 0 Å². The molecule has 4 aromatic carbocycles. The topological polar surface area (TPSA) is 105 Å². The average molecular weight is 663 g/mol. The third kappa shape index (κ3) is 5.01. The van der Waals surface area contributed by atoms with Crippen LogP contribution in [0.25, 0.3) is 0 Å². The van der Waals surface area contributed by atoms with Crippen LogP contribution < -0.4 is 9.47 Å². The quantitative estimate of drug-likeness (QED) is 0.150. The molecule has 8 nitrogen and oxygen atoms in total. The number of hydrogen-bond acceptors (Lipinski definition) is 6. The summed E-state index contributed by atoms with van der Waals surface area (Å²) in [7, 11) is 0. The van der Waals surface area contributed by atoms with Crippen LogP contribution in [0.4, 0.5) is 11.4 Å². The zero-order valence-corrected chi connectivity index (χ0v) is 30.7. The number of nitro benzene ring substituents is 2. The molecule has 2 aliphatic rings. The van der Waals surface area contributed by atoms with E-state index in [4.69, 9.17) is 9.47 Å². The zero-order valence-electron chi connectivity index (χ0n) is 30.7. The summed E-state index contributed by atoms with van der Waals surface area (Å²) in [6.07, 6.45) is 1.83. The molecule has 0 radical (unpaired) electrons. The Labute approximate surface area is 288 Å². The fourth-order valence-electron chi connectivity index (χ4n) is 9.04. The third-order valence-corrected chi connectivity index (χ3v) is 11.8. The summed E-state index contributed by atoms with van der Waals surface area (Å²) in [4.78, 5) is 23.1. The van der Waals surface area contributed by atoms with Gasteiger partial charge in [-0.05, 0) is 126 Å². The summed E-state index contributed by atoms with van der Waals surface area (Å²) < 4.78 is 13.3. The van der Waals surface area contributed by atoms with E-state index in [1.165, 1.54) is 22.3 Å². The summed E-state index contributed by atoms with van der Waals surface area (Å²) in [6, 6.07) is 12.8. The Hall–Kier alpha value is -4.72. The molecule has 0 unspecified atom stereocenters. The molecular weight excluding hydrogens is 616 g/mol. The summed E-state index contributed by atoms with van der Waals surface area (Å²) in [5, 5.41) is 23.7. The fourth-order valence-corrected chi connectivity index (χ4v) is 9.04. The molecule has 0 saturated carbocycles. The van der Waals surface area contributed by atoms with Gasteiger partial charge in [-0.1, -0.05) is 39.8 Å². The Kier molecular flexibility index (Phi) is 7.78. The van der Waals surface area contributed by atoms with Crippen LogP contribution in [0.15, 0.2) is 36.4 Å². The van der Waals surface area contributed by atoms with Crippen LogP contribution in [-0.2, 0) is 16.2 Å². The maximum Gasteiger partial charge on any atom is 0.275 e. The van der Waals surface area contributed by atoms with Crippen LogP contribution in [-0.4, -0.2) is 9.85 Å². The molecule has 0 atom stereocenters. The minimum Gasteiger partial charge on any atom is -0.457 e. The van der Waals surface area contributed by atoms with Crippen molar-refractivity contribution in [2.75, 3.05) is 0 Å². The Bertz CT molecular complexity index is 1910. The van der Waals surface area contributed by atoms with E-state index < -0.39 is 0 Å². The normalized spacial score (nSPS) is 16.4. The molecule has 4 aromatic rings. The molecule has 256 valence electrons. The fraction of sp³-hybridized carbons (Fsp3) is 0.415. The number of ether oxygens (including phenoxy) is 2. The van der Waals surface area contributed by atoms with Crippen LogP contribution in [0.3, 0.4) is 0 Å². The van der Waals surface area contributed by atoms with Crippen LogP contribution in [0, 0.1) is 75.6 Å². The molecule has 0 fully saturated rings. The lowest BCUT2D eigenvalue weighted by Crippen LogP contribution is -2.27. The number of benzene rings is 4. The third-order valence-electron chi connectivity index (χ3n) is 11.8. The number of nitrogens with zero attached hydrogens (tertiary/aromatic N) is 2. The van der Waals surface area contributed by atoms with Gasteiger partial charge in [-0.25, -0.2) is 0 Å². The van der Waals surface area contributed by atoms with E-state index in [-0.39, 0.29) is 37.5 Å². The molecule has 6 rings (SSSR count). The lowest BCUT2D eigenvalue weighted by Gasteiger charge is -2.31. The second-order valence-corrected chi connectivity index (χ2v) is 15.7. The Morgan fingerprint density at radius 3 is 1.10 bits per heavy atom. The van der Waals surface area contributed by atoms with Crippen LogP contribution in [0.2, 0.25) is 0 Å². The number of hydrogen-bond donors (Lipinski definition) is 0. The minimum absolute atomic E-state index is 0.103. The SMILES string of the molecule is Cc1c(C)c([N+](=O)[O-])c(C)c(C)c1Oc1ccc2c(c1)C1(CC2(C)C)CC(C)(C)c2ccc(Oc3c(C)c(C)c([N+](=O)[O-])c(C)c3C)cc21. The molecule has 0 saturated heterocycles. The predicted molar refractivity (Wildman–Crippen MR) is 193 cm³/mol. The van der Waals surface area contributed by atoms with Gasteiger partial charge in [0.1, 0.15) is 23.0 Å². The lowest BCUT2D eigenvalue weighted by atomic mass is 9.72. The number of fused-ring (bicyclic) bond motifs is 4. The van der Waals surface area contributed by atoms with E-state index in [9.17, 15) is 20.2 Å². The molecular formula is C41H46N2O6. The van der Waals surface area contributed by atoms with Crippen molar-refractivity contribution in [3.63, 3.8) is 0 Å². The predicted octanol–water partition coefficient (Wildman–Crippen LogP) is 11.2. The highest BCUT2D eigenvalue weighted by Crippen LogP contribution is 2.63. The smallest absolute Gasteiger partial charge is 0.275 e. The number of rotatable bonds is 6. The van der Waals surface area contributed by atoms with E-state index in [0.717, 1.165) is 35.1 Å². The van der Waals surface area contributed by atoms with Crippen molar-refractivity contribution in [1.29, 1.82) is 0 Å². The van der Waals surface area contributed by atoms with Crippen molar-refractivity contribution in [3.8, 4) is 23.0 Å². The van der Waals surface area contributed by atoms with Crippen molar-refractivity contribution >= 4 is 11.4 Å². The van der Waals surface area contributed by atoms with Crippen LogP contribution >= 0.6 is 0 Å². The van der Waals surface area contributed by atoms with Crippen LogP contribution in [0.1, 0.15) is 107 Å². The van der Waals surface area contributed by atoms with Gasteiger partial charge >= 0.3 is 0 Å². The highest BCUT2D eigenvalue weighted by atomic mass is 16.6. The van der Waals surface area contributed by atoms with Gasteiger partial charge in [-0.3, -0.25) is 20.2 Å². The molecule has 8 heteroatoms. The largest absolute Gasteiger partial charge is 0.457 e. The van der Waals surface area contributed by atoms with E-state index in [2.05, 4.69) is 52.0 Å². The standard InChI is InChI=1S/C41H46N2O6/c1-21-25(5)37(26(6)22(2)35(21)42(44)45)48-29-13-15-31-33(17-29)41(19-39(31,9)10)20-40(11,12)32-16-14-30(18-34(32)41)49-38-27(7)23(3)36(43(46)47)24(4)28(38)8/h13-18H,19-20H2,1-12H3. The first kappa shape index (κ1) is 34.2. The maximum atomic E-state index is 11.9. The van der Waals surface area contributed by atoms with Gasteiger partial charge in [0.05, 0.1) is 9.85 Å². The molecule has 0 aliphatic heterocycles. The Morgan fingerprint density at radius 1 is 0.510 bits per heavy atom. The highest BCUT2D eigenvalue weighted by molar-refractivity contribution is 5.66. The second-order valence-electron chi connectivity index (χ2n) is 15.7. The van der Waals surface area contributed by atoms with Gasteiger partial charge in [-0.2, -0.15) is 0 Å². The average Bonchev–Trinajstić information content (AvgIpc) is 3.38. The van der Waals surface area contributed by atoms with E-state index >= 15 is 0 Å². The molecule has 0 heterocycles. The van der Waals surface area contributed by atoms with E-state index in [1.807, 2.05) is 39.8 Å². The van der Waals surface area contributed by atoms with Crippen molar-refractivity contribution < 1.29 is 19.3 Å². The molecule has 0 bridgehead atoms. The van der Waals surface area contributed by atoms with E-state index in [1.54, 1.807) is 27.7 Å².